The molecule has 18 heavy (non-hydrogen) atoms. The molecule has 1 aliphatic rings. The molecule has 0 aromatic heterocycles. The van der Waals surface area contributed by atoms with Crippen LogP contribution in [0.5, 0.6) is 5.75 Å². The van der Waals surface area contributed by atoms with Gasteiger partial charge in [0, 0.05) is 18.5 Å². The molecule has 0 saturated carbocycles. The Morgan fingerprint density at radius 3 is 2.89 bits per heavy atom. The van der Waals surface area contributed by atoms with Gasteiger partial charge in [-0.15, -0.1) is 0 Å². The third-order valence-electron chi connectivity index (χ3n) is 2.85. The van der Waals surface area contributed by atoms with Crippen LogP contribution in [0.2, 0.25) is 0 Å². The predicted molar refractivity (Wildman–Crippen MR) is 66.3 cm³/mol. The van der Waals surface area contributed by atoms with Gasteiger partial charge in [-0.3, -0.25) is 9.69 Å². The van der Waals surface area contributed by atoms with Crippen LogP contribution in [-0.4, -0.2) is 32.1 Å². The van der Waals surface area contributed by atoms with Gasteiger partial charge in [-0.2, -0.15) is 0 Å². The Morgan fingerprint density at radius 2 is 2.22 bits per heavy atom. The Morgan fingerprint density at radius 1 is 1.44 bits per heavy atom. The normalized spacial score (nSPS) is 14.1. The maximum atomic E-state index is 11.8. The van der Waals surface area contributed by atoms with E-state index in [1.165, 1.54) is 12.0 Å². The Labute approximate surface area is 105 Å². The summed E-state index contributed by atoms with van der Waals surface area (Å²) < 4.78 is 10.1. The minimum absolute atomic E-state index is 0.0180. The highest BCUT2D eigenvalue weighted by Crippen LogP contribution is 2.30. The fourth-order valence-electron chi connectivity index (χ4n) is 1.96. The van der Waals surface area contributed by atoms with Crippen molar-refractivity contribution in [3.05, 3.63) is 23.8 Å². The van der Waals surface area contributed by atoms with Crippen LogP contribution in [0.1, 0.15) is 23.7 Å². The van der Waals surface area contributed by atoms with Crippen LogP contribution in [0.15, 0.2) is 18.2 Å². The van der Waals surface area contributed by atoms with Gasteiger partial charge in [0.1, 0.15) is 5.75 Å². The second-order valence-corrected chi connectivity index (χ2v) is 3.91. The molecular formula is C13H15NO4. The number of amides is 1. The van der Waals surface area contributed by atoms with Gasteiger partial charge in [0.2, 0.25) is 0 Å². The number of hydrogen-bond donors (Lipinski definition) is 0. The Balaban J connectivity index is 2.38. The number of hydrogen-bond acceptors (Lipinski definition) is 4. The van der Waals surface area contributed by atoms with Crippen molar-refractivity contribution in [2.45, 2.75) is 13.3 Å². The van der Waals surface area contributed by atoms with Gasteiger partial charge in [-0.1, -0.05) is 0 Å². The standard InChI is InChI=1S/C13H15NO4/c1-3-18-13(16)14-7-6-12(15)10-8-9(17-2)4-5-11(10)14/h4-5,8H,3,6-7H2,1-2H3. The first kappa shape index (κ1) is 12.4. The molecule has 5 heteroatoms. The van der Waals surface area contributed by atoms with Crippen molar-refractivity contribution in [3.63, 3.8) is 0 Å². The van der Waals surface area contributed by atoms with E-state index in [0.29, 0.717) is 36.6 Å². The SMILES string of the molecule is CCOC(=O)N1CCC(=O)c2cc(OC)ccc21. The summed E-state index contributed by atoms with van der Waals surface area (Å²) >= 11 is 0. The third-order valence-corrected chi connectivity index (χ3v) is 2.85. The van der Waals surface area contributed by atoms with E-state index in [2.05, 4.69) is 0 Å². The summed E-state index contributed by atoms with van der Waals surface area (Å²) in [4.78, 5) is 25.1. The molecule has 0 bridgehead atoms. The van der Waals surface area contributed by atoms with Gasteiger partial charge in [0.15, 0.2) is 5.78 Å². The van der Waals surface area contributed by atoms with Crippen molar-refractivity contribution in [1.29, 1.82) is 0 Å². The highest BCUT2D eigenvalue weighted by Gasteiger charge is 2.28. The van der Waals surface area contributed by atoms with E-state index < -0.39 is 6.09 Å². The molecule has 2 rings (SSSR count). The first-order valence-electron chi connectivity index (χ1n) is 5.83. The predicted octanol–water partition coefficient (Wildman–Crippen LogP) is 2.24. The van der Waals surface area contributed by atoms with Crippen LogP contribution in [0.3, 0.4) is 0 Å². The van der Waals surface area contributed by atoms with Gasteiger partial charge < -0.3 is 9.47 Å². The van der Waals surface area contributed by atoms with Crippen molar-refractivity contribution < 1.29 is 19.1 Å². The number of Topliss-reactive ketones (excluding diaryl/α,β-unsaturated/α-hetero) is 1. The molecule has 0 radical (unpaired) electrons. The average molecular weight is 249 g/mol. The molecule has 0 spiro atoms. The van der Waals surface area contributed by atoms with E-state index in [4.69, 9.17) is 9.47 Å². The number of carbonyl (C=O) groups excluding carboxylic acids is 2. The lowest BCUT2D eigenvalue weighted by Crippen LogP contribution is -2.37. The largest absolute Gasteiger partial charge is 0.497 e. The van der Waals surface area contributed by atoms with Gasteiger partial charge >= 0.3 is 6.09 Å². The number of rotatable bonds is 2. The van der Waals surface area contributed by atoms with Crippen molar-refractivity contribution >= 4 is 17.6 Å². The Bertz CT molecular complexity index is 484. The van der Waals surface area contributed by atoms with E-state index in [1.807, 2.05) is 0 Å². The van der Waals surface area contributed by atoms with Crippen LogP contribution in [-0.2, 0) is 4.74 Å². The Hall–Kier alpha value is -2.04. The minimum atomic E-state index is -0.420. The van der Waals surface area contributed by atoms with Crippen LogP contribution < -0.4 is 9.64 Å². The van der Waals surface area contributed by atoms with E-state index in [-0.39, 0.29) is 5.78 Å². The maximum absolute atomic E-state index is 11.8. The summed E-state index contributed by atoms with van der Waals surface area (Å²) in [7, 11) is 1.54. The van der Waals surface area contributed by atoms with Crippen molar-refractivity contribution in [1.82, 2.24) is 0 Å². The second-order valence-electron chi connectivity index (χ2n) is 3.91. The number of methoxy groups -OCH3 is 1. The molecule has 1 aromatic carbocycles. The summed E-state index contributed by atoms with van der Waals surface area (Å²) in [5, 5.41) is 0. The molecule has 1 heterocycles. The topological polar surface area (TPSA) is 55.8 Å². The van der Waals surface area contributed by atoms with Crippen LogP contribution in [0.4, 0.5) is 10.5 Å². The Kier molecular flexibility index (Phi) is 3.50. The van der Waals surface area contributed by atoms with Gasteiger partial charge in [0.25, 0.3) is 0 Å². The fourth-order valence-corrected chi connectivity index (χ4v) is 1.96. The molecule has 0 aliphatic carbocycles. The lowest BCUT2D eigenvalue weighted by molar-refractivity contribution is 0.0978. The van der Waals surface area contributed by atoms with Crippen LogP contribution in [0.25, 0.3) is 0 Å². The molecule has 5 nitrogen and oxygen atoms in total. The molecule has 1 aliphatic heterocycles. The van der Waals surface area contributed by atoms with Gasteiger partial charge in [-0.05, 0) is 25.1 Å². The second kappa shape index (κ2) is 5.08. The third kappa shape index (κ3) is 2.16. The molecule has 0 fully saturated rings. The number of nitrogens with zero attached hydrogens (tertiary/aromatic N) is 1. The van der Waals surface area contributed by atoms with Crippen LogP contribution >= 0.6 is 0 Å². The summed E-state index contributed by atoms with van der Waals surface area (Å²) in [6.45, 7) is 2.42. The van der Waals surface area contributed by atoms with Crippen molar-refractivity contribution in [2.24, 2.45) is 0 Å². The summed E-state index contributed by atoms with van der Waals surface area (Å²) in [6.07, 6.45) is -0.115. The number of anilines is 1. The first-order chi connectivity index (χ1) is 8.67. The molecule has 96 valence electrons. The highest BCUT2D eigenvalue weighted by molar-refractivity contribution is 6.07. The smallest absolute Gasteiger partial charge is 0.414 e. The van der Waals surface area contributed by atoms with Gasteiger partial charge in [0.05, 0.1) is 19.4 Å². The molecule has 0 atom stereocenters. The van der Waals surface area contributed by atoms with Crippen molar-refractivity contribution in [3.8, 4) is 5.75 Å². The zero-order chi connectivity index (χ0) is 13.1. The molecule has 0 unspecified atom stereocenters. The lowest BCUT2D eigenvalue weighted by atomic mass is 10.0. The summed E-state index contributed by atoms with van der Waals surface area (Å²) in [5.41, 5.74) is 1.10. The minimum Gasteiger partial charge on any atom is -0.497 e. The molecular weight excluding hydrogens is 234 g/mol. The first-order valence-corrected chi connectivity index (χ1v) is 5.83. The highest BCUT2D eigenvalue weighted by atomic mass is 16.6. The summed E-state index contributed by atoms with van der Waals surface area (Å²) in [6, 6.07) is 5.09. The fraction of sp³-hybridized carbons (Fsp3) is 0.385. The quantitative estimate of drug-likeness (QED) is 0.806. The molecule has 0 N–H and O–H groups in total. The number of ketones is 1. The van der Waals surface area contributed by atoms with E-state index in [9.17, 15) is 9.59 Å². The number of carbonyl (C=O) groups is 2. The monoisotopic (exact) mass is 249 g/mol. The maximum Gasteiger partial charge on any atom is 0.414 e. The summed E-state index contributed by atoms with van der Waals surface area (Å²) in [5.74, 6) is 0.622. The van der Waals surface area contributed by atoms with E-state index >= 15 is 0 Å². The number of fused-ring (bicyclic) bond motifs is 1. The van der Waals surface area contributed by atoms with E-state index in [0.717, 1.165) is 0 Å². The lowest BCUT2D eigenvalue weighted by Gasteiger charge is -2.27. The van der Waals surface area contributed by atoms with Crippen LogP contribution in [0, 0.1) is 0 Å². The zero-order valence-electron chi connectivity index (χ0n) is 10.4. The number of ether oxygens (including phenoxy) is 2. The average Bonchev–Trinajstić information content (AvgIpc) is 2.39. The van der Waals surface area contributed by atoms with Gasteiger partial charge in [-0.25, -0.2) is 4.79 Å². The molecule has 0 saturated heterocycles. The van der Waals surface area contributed by atoms with E-state index in [1.54, 1.807) is 25.1 Å². The molecule has 1 aromatic rings. The number of benzene rings is 1. The molecule has 1 amide bonds. The van der Waals surface area contributed by atoms with Crippen molar-refractivity contribution in [2.75, 3.05) is 25.2 Å². The zero-order valence-corrected chi connectivity index (χ0v) is 10.4.